The Hall–Kier alpha value is -2.40. The molecule has 3 aromatic rings. The van der Waals surface area contributed by atoms with Crippen molar-refractivity contribution < 1.29 is 17.9 Å². The van der Waals surface area contributed by atoms with E-state index in [9.17, 15) is 13.2 Å². The van der Waals surface area contributed by atoms with E-state index in [0.29, 0.717) is 31.1 Å². The number of amides is 1. The first-order chi connectivity index (χ1) is 15.9. The molecule has 4 rings (SSSR count). The fourth-order valence-corrected chi connectivity index (χ4v) is 6.29. The third-order valence-corrected chi connectivity index (χ3v) is 9.06. The number of rotatable bonds is 7. The lowest BCUT2D eigenvalue weighted by Gasteiger charge is -2.30. The number of anilines is 1. The monoisotopic (exact) mass is 503 g/mol. The van der Waals surface area contributed by atoms with Gasteiger partial charge in [-0.3, -0.25) is 4.79 Å². The Morgan fingerprint density at radius 3 is 2.39 bits per heavy atom. The summed E-state index contributed by atoms with van der Waals surface area (Å²) in [4.78, 5) is 18.6. The van der Waals surface area contributed by atoms with Gasteiger partial charge in [-0.1, -0.05) is 0 Å². The molecule has 0 unspecified atom stereocenters. The number of carbonyl (C=O) groups is 1. The Bertz CT molecular complexity index is 1200. The lowest BCUT2D eigenvalue weighted by molar-refractivity contribution is -0.120. The van der Waals surface area contributed by atoms with Gasteiger partial charge < -0.3 is 10.1 Å². The number of nitrogens with one attached hydrogen (secondary N) is 1. The third kappa shape index (κ3) is 5.40. The molecule has 1 N–H and O–H groups in total. The number of aromatic nitrogens is 1. The van der Waals surface area contributed by atoms with Crippen molar-refractivity contribution in [2.24, 2.45) is 5.92 Å². The van der Waals surface area contributed by atoms with Gasteiger partial charge in [0.25, 0.3) is 0 Å². The van der Waals surface area contributed by atoms with Crippen LogP contribution in [0, 0.1) is 5.92 Å². The average Bonchev–Trinajstić information content (AvgIpc) is 3.32. The van der Waals surface area contributed by atoms with Crippen LogP contribution in [-0.2, 0) is 14.8 Å². The molecule has 1 amide bonds. The Kier molecular flexibility index (Phi) is 7.38. The van der Waals surface area contributed by atoms with Crippen LogP contribution in [0.25, 0.3) is 11.3 Å². The summed E-state index contributed by atoms with van der Waals surface area (Å²) in [5, 5.41) is 5.33. The smallest absolute Gasteiger partial charge is 0.243 e. The van der Waals surface area contributed by atoms with Gasteiger partial charge in [0, 0.05) is 34.8 Å². The highest BCUT2D eigenvalue weighted by atomic mass is 32.2. The molecule has 2 aromatic carbocycles. The van der Waals surface area contributed by atoms with Gasteiger partial charge in [0.1, 0.15) is 5.75 Å². The van der Waals surface area contributed by atoms with Crippen LogP contribution in [0.5, 0.6) is 5.75 Å². The molecule has 1 aliphatic rings. The summed E-state index contributed by atoms with van der Waals surface area (Å²) in [7, 11) is -1.93. The zero-order chi connectivity index (χ0) is 23.4. The standard InChI is InChI=1S/C23H25N3O4S3/c1-30-18-5-3-16(4-6-18)21-15-32-23(24-21)25-22(27)17-11-13-26(14-12-17)33(28,29)20-9-7-19(31-2)8-10-20/h3-10,15,17H,11-14H2,1-2H3,(H,24,25,27). The fraction of sp³-hybridized carbons (Fsp3) is 0.304. The highest BCUT2D eigenvalue weighted by molar-refractivity contribution is 7.98. The van der Waals surface area contributed by atoms with Crippen molar-refractivity contribution in [2.75, 3.05) is 31.8 Å². The van der Waals surface area contributed by atoms with Crippen LogP contribution in [0.1, 0.15) is 12.8 Å². The van der Waals surface area contributed by atoms with Gasteiger partial charge in [0.15, 0.2) is 5.13 Å². The van der Waals surface area contributed by atoms with Crippen molar-refractivity contribution in [1.29, 1.82) is 0 Å². The van der Waals surface area contributed by atoms with E-state index in [1.807, 2.05) is 48.0 Å². The van der Waals surface area contributed by atoms with Crippen molar-refractivity contribution in [1.82, 2.24) is 9.29 Å². The molecular weight excluding hydrogens is 478 g/mol. The van der Waals surface area contributed by atoms with Gasteiger partial charge in [-0.15, -0.1) is 23.1 Å². The molecule has 1 saturated heterocycles. The van der Waals surface area contributed by atoms with Crippen molar-refractivity contribution in [3.63, 3.8) is 0 Å². The number of piperidine rings is 1. The Morgan fingerprint density at radius 1 is 1.12 bits per heavy atom. The first-order valence-electron chi connectivity index (χ1n) is 10.5. The third-order valence-electron chi connectivity index (χ3n) is 5.64. The zero-order valence-electron chi connectivity index (χ0n) is 18.4. The van der Waals surface area contributed by atoms with E-state index in [1.54, 1.807) is 31.0 Å². The number of nitrogens with zero attached hydrogens (tertiary/aromatic N) is 2. The Balaban J connectivity index is 1.34. The second-order valence-electron chi connectivity index (χ2n) is 7.61. The number of thiazole rings is 1. The maximum Gasteiger partial charge on any atom is 0.243 e. The maximum absolute atomic E-state index is 12.9. The van der Waals surface area contributed by atoms with E-state index in [1.165, 1.54) is 15.6 Å². The largest absolute Gasteiger partial charge is 0.497 e. The van der Waals surface area contributed by atoms with Gasteiger partial charge in [0.05, 0.1) is 17.7 Å². The molecule has 0 radical (unpaired) electrons. The number of benzene rings is 2. The van der Waals surface area contributed by atoms with Crippen LogP contribution >= 0.6 is 23.1 Å². The minimum atomic E-state index is -3.55. The van der Waals surface area contributed by atoms with Crippen LogP contribution in [0.4, 0.5) is 5.13 Å². The normalized spacial score (nSPS) is 15.3. The molecule has 10 heteroatoms. The van der Waals surface area contributed by atoms with Crippen LogP contribution in [0.3, 0.4) is 0 Å². The van der Waals surface area contributed by atoms with Gasteiger partial charge in [-0.25, -0.2) is 13.4 Å². The summed E-state index contributed by atoms with van der Waals surface area (Å²) in [6, 6.07) is 14.5. The van der Waals surface area contributed by atoms with Gasteiger partial charge in [0.2, 0.25) is 15.9 Å². The van der Waals surface area contributed by atoms with Crippen molar-refractivity contribution in [3.8, 4) is 17.0 Å². The van der Waals surface area contributed by atoms with E-state index in [-0.39, 0.29) is 16.7 Å². The number of thioether (sulfide) groups is 1. The molecule has 0 aliphatic carbocycles. The van der Waals surface area contributed by atoms with E-state index < -0.39 is 10.0 Å². The summed E-state index contributed by atoms with van der Waals surface area (Å²) in [5.41, 5.74) is 1.72. The first kappa shape index (κ1) is 23.7. The van der Waals surface area contributed by atoms with Crippen LogP contribution in [0.15, 0.2) is 63.7 Å². The predicted octanol–water partition coefficient (Wildman–Crippen LogP) is 4.58. The Labute approximate surface area is 202 Å². The fourth-order valence-electron chi connectivity index (χ4n) is 3.69. The van der Waals surface area contributed by atoms with Crippen molar-refractivity contribution >= 4 is 44.2 Å². The number of carbonyl (C=O) groups excluding carboxylic acids is 1. The number of ether oxygens (including phenoxy) is 1. The van der Waals surface area contributed by atoms with Gasteiger partial charge in [-0.2, -0.15) is 4.31 Å². The molecule has 2 heterocycles. The van der Waals surface area contributed by atoms with Gasteiger partial charge >= 0.3 is 0 Å². The molecule has 174 valence electrons. The van der Waals surface area contributed by atoms with E-state index in [2.05, 4.69) is 10.3 Å². The predicted molar refractivity (Wildman–Crippen MR) is 132 cm³/mol. The van der Waals surface area contributed by atoms with Crippen LogP contribution in [-0.4, -0.2) is 50.1 Å². The highest BCUT2D eigenvalue weighted by Crippen LogP contribution is 2.29. The lowest BCUT2D eigenvalue weighted by atomic mass is 9.97. The van der Waals surface area contributed by atoms with Crippen molar-refractivity contribution in [3.05, 3.63) is 53.9 Å². The number of sulfonamides is 1. The summed E-state index contributed by atoms with van der Waals surface area (Å²) in [5.74, 6) is 0.406. The maximum atomic E-state index is 12.9. The average molecular weight is 504 g/mol. The number of hydrogen-bond acceptors (Lipinski definition) is 7. The molecule has 1 fully saturated rings. The molecule has 0 saturated carbocycles. The molecule has 1 aliphatic heterocycles. The van der Waals surface area contributed by atoms with Crippen molar-refractivity contribution in [2.45, 2.75) is 22.6 Å². The summed E-state index contributed by atoms with van der Waals surface area (Å²) in [6.07, 6.45) is 2.90. The first-order valence-corrected chi connectivity index (χ1v) is 14.0. The minimum Gasteiger partial charge on any atom is -0.497 e. The van der Waals surface area contributed by atoms with E-state index in [4.69, 9.17) is 4.74 Å². The minimum absolute atomic E-state index is 0.119. The SMILES string of the molecule is COc1ccc(-c2csc(NC(=O)C3CCN(S(=O)(=O)c4ccc(SC)cc4)CC3)n2)cc1. The molecule has 33 heavy (non-hydrogen) atoms. The molecule has 7 nitrogen and oxygen atoms in total. The molecular formula is C23H25N3O4S3. The quantitative estimate of drug-likeness (QED) is 0.475. The van der Waals surface area contributed by atoms with E-state index in [0.717, 1.165) is 21.9 Å². The summed E-state index contributed by atoms with van der Waals surface area (Å²) < 4.78 is 32.5. The Morgan fingerprint density at radius 2 is 1.79 bits per heavy atom. The second kappa shape index (κ2) is 10.3. The van der Waals surface area contributed by atoms with Crippen LogP contribution < -0.4 is 10.1 Å². The van der Waals surface area contributed by atoms with E-state index >= 15 is 0 Å². The molecule has 1 aromatic heterocycles. The number of methoxy groups -OCH3 is 1. The summed E-state index contributed by atoms with van der Waals surface area (Å²) in [6.45, 7) is 0.638. The zero-order valence-corrected chi connectivity index (χ0v) is 20.8. The summed E-state index contributed by atoms with van der Waals surface area (Å²) >= 11 is 2.94. The van der Waals surface area contributed by atoms with Gasteiger partial charge in [-0.05, 0) is 67.6 Å². The molecule has 0 atom stereocenters. The lowest BCUT2D eigenvalue weighted by Crippen LogP contribution is -2.41. The molecule has 0 bridgehead atoms. The number of hydrogen-bond donors (Lipinski definition) is 1. The topological polar surface area (TPSA) is 88.6 Å². The second-order valence-corrected chi connectivity index (χ2v) is 11.3. The highest BCUT2D eigenvalue weighted by Gasteiger charge is 2.32. The van der Waals surface area contributed by atoms with Crippen LogP contribution in [0.2, 0.25) is 0 Å². The molecule has 0 spiro atoms.